The Balaban J connectivity index is 1.69. The second-order valence-electron chi connectivity index (χ2n) is 6.30. The number of nitrogens with zero attached hydrogens (tertiary/aromatic N) is 2. The van der Waals surface area contributed by atoms with E-state index < -0.39 is 11.7 Å². The summed E-state index contributed by atoms with van der Waals surface area (Å²) in [6.45, 7) is 0. The third-order valence-corrected chi connectivity index (χ3v) is 4.38. The lowest BCUT2D eigenvalue weighted by molar-refractivity contribution is 0.0956. The van der Waals surface area contributed by atoms with Crippen LogP contribution in [0.25, 0.3) is 22.2 Å². The highest BCUT2D eigenvalue weighted by Gasteiger charge is 2.13. The van der Waals surface area contributed by atoms with Gasteiger partial charge in [-0.25, -0.2) is 19.2 Å². The van der Waals surface area contributed by atoms with Crippen LogP contribution >= 0.6 is 0 Å². The van der Waals surface area contributed by atoms with Gasteiger partial charge in [0.15, 0.2) is 0 Å². The minimum atomic E-state index is -0.459. The largest absolute Gasteiger partial charge is 0.272 e. The quantitative estimate of drug-likeness (QED) is 0.398. The zero-order valence-corrected chi connectivity index (χ0v) is 15.1. The Kier molecular flexibility index (Phi) is 5.07. The van der Waals surface area contributed by atoms with Crippen molar-refractivity contribution in [2.45, 2.75) is 0 Å². The summed E-state index contributed by atoms with van der Waals surface area (Å²) in [5, 5.41) is 4.51. The fourth-order valence-electron chi connectivity index (χ4n) is 2.93. The Morgan fingerprint density at radius 3 is 2.45 bits per heavy atom. The second kappa shape index (κ2) is 7.98. The van der Waals surface area contributed by atoms with Gasteiger partial charge in [-0.2, -0.15) is 5.10 Å². The van der Waals surface area contributed by atoms with Crippen LogP contribution in [-0.2, 0) is 0 Å². The summed E-state index contributed by atoms with van der Waals surface area (Å²) in [5.41, 5.74) is 4.89. The van der Waals surface area contributed by atoms with Crippen LogP contribution in [0.3, 0.4) is 0 Å². The topological polar surface area (TPSA) is 54.4 Å². The van der Waals surface area contributed by atoms with Crippen molar-refractivity contribution in [1.82, 2.24) is 10.4 Å². The Morgan fingerprint density at radius 2 is 1.66 bits per heavy atom. The number of carbonyl (C=O) groups excluding carboxylic acids is 1. The first-order valence-corrected chi connectivity index (χ1v) is 8.85. The summed E-state index contributed by atoms with van der Waals surface area (Å²) in [7, 11) is 0. The molecule has 0 unspecified atom stereocenters. The smallest absolute Gasteiger partial charge is 0.267 e. The number of halogens is 2. The van der Waals surface area contributed by atoms with Gasteiger partial charge in [-0.3, -0.25) is 4.79 Å². The van der Waals surface area contributed by atoms with Gasteiger partial charge in [0.25, 0.3) is 5.91 Å². The molecule has 0 atom stereocenters. The molecule has 3 aromatic carbocycles. The number of nitrogens with one attached hydrogen (secondary N) is 1. The van der Waals surface area contributed by atoms with Crippen LogP contribution in [0.2, 0.25) is 0 Å². The zero-order chi connectivity index (χ0) is 20.2. The molecule has 29 heavy (non-hydrogen) atoms. The number of para-hydroxylation sites is 1. The summed E-state index contributed by atoms with van der Waals surface area (Å²) in [5.74, 6) is -1.24. The van der Waals surface area contributed by atoms with E-state index in [1.54, 1.807) is 54.6 Å². The number of hydrogen-bond acceptors (Lipinski definition) is 3. The van der Waals surface area contributed by atoms with E-state index in [1.807, 2.05) is 6.07 Å². The van der Waals surface area contributed by atoms with Crippen LogP contribution in [0.5, 0.6) is 0 Å². The first-order chi connectivity index (χ1) is 14.1. The minimum absolute atomic E-state index is 0.263. The number of fused-ring (bicyclic) bond motifs is 1. The molecular weight excluding hydrogens is 372 g/mol. The number of carbonyl (C=O) groups is 1. The van der Waals surface area contributed by atoms with Gasteiger partial charge in [0.2, 0.25) is 0 Å². The molecule has 0 fully saturated rings. The number of hydrogen-bond donors (Lipinski definition) is 1. The minimum Gasteiger partial charge on any atom is -0.267 e. The van der Waals surface area contributed by atoms with Crippen molar-refractivity contribution in [3.8, 4) is 11.3 Å². The monoisotopic (exact) mass is 387 g/mol. The molecule has 0 aliphatic heterocycles. The van der Waals surface area contributed by atoms with Gasteiger partial charge in [-0.1, -0.05) is 36.4 Å². The third-order valence-electron chi connectivity index (χ3n) is 4.38. The fraction of sp³-hybridized carbons (Fsp3) is 0. The van der Waals surface area contributed by atoms with Crippen LogP contribution in [0.1, 0.15) is 15.9 Å². The van der Waals surface area contributed by atoms with Crippen molar-refractivity contribution in [1.29, 1.82) is 0 Å². The summed E-state index contributed by atoms with van der Waals surface area (Å²) in [6.07, 6.45) is 1.25. The van der Waals surface area contributed by atoms with Crippen molar-refractivity contribution in [3.05, 3.63) is 102 Å². The molecule has 0 spiro atoms. The Hall–Kier alpha value is -3.93. The summed E-state index contributed by atoms with van der Waals surface area (Å²) in [4.78, 5) is 17.3. The number of aromatic nitrogens is 1. The molecule has 0 aliphatic carbocycles. The molecule has 1 heterocycles. The molecule has 4 nitrogen and oxygen atoms in total. The Bertz CT molecular complexity index is 1220. The average molecular weight is 387 g/mol. The van der Waals surface area contributed by atoms with Gasteiger partial charge in [0.1, 0.15) is 11.6 Å². The third kappa shape index (κ3) is 4.01. The zero-order valence-electron chi connectivity index (χ0n) is 15.1. The summed E-state index contributed by atoms with van der Waals surface area (Å²) in [6, 6.07) is 20.8. The van der Waals surface area contributed by atoms with Gasteiger partial charge in [0, 0.05) is 16.5 Å². The first kappa shape index (κ1) is 18.4. The molecule has 1 amide bonds. The van der Waals surface area contributed by atoms with E-state index in [0.717, 1.165) is 0 Å². The number of pyridine rings is 1. The van der Waals surface area contributed by atoms with E-state index >= 15 is 0 Å². The van der Waals surface area contributed by atoms with Gasteiger partial charge >= 0.3 is 0 Å². The second-order valence-corrected chi connectivity index (χ2v) is 6.30. The molecule has 0 aliphatic rings. The van der Waals surface area contributed by atoms with Crippen LogP contribution in [0, 0.1) is 11.6 Å². The van der Waals surface area contributed by atoms with E-state index in [-0.39, 0.29) is 11.4 Å². The Labute approximate surface area is 165 Å². The molecule has 1 N–H and O–H groups in total. The van der Waals surface area contributed by atoms with E-state index in [2.05, 4.69) is 15.5 Å². The highest BCUT2D eigenvalue weighted by molar-refractivity contribution is 6.07. The Morgan fingerprint density at radius 1 is 0.931 bits per heavy atom. The van der Waals surface area contributed by atoms with Crippen molar-refractivity contribution in [2.24, 2.45) is 5.10 Å². The molecular formula is C23H15F2N3O. The first-order valence-electron chi connectivity index (χ1n) is 8.85. The maximum Gasteiger partial charge on any atom is 0.272 e. The van der Waals surface area contributed by atoms with E-state index in [0.29, 0.717) is 27.7 Å². The van der Waals surface area contributed by atoms with Crippen LogP contribution in [0.4, 0.5) is 8.78 Å². The molecule has 142 valence electrons. The molecule has 4 rings (SSSR count). The molecule has 0 radical (unpaired) electrons. The van der Waals surface area contributed by atoms with Crippen LogP contribution < -0.4 is 5.43 Å². The molecule has 0 saturated heterocycles. The molecule has 1 aromatic heterocycles. The van der Waals surface area contributed by atoms with Crippen molar-refractivity contribution in [2.75, 3.05) is 0 Å². The van der Waals surface area contributed by atoms with Crippen LogP contribution in [-0.4, -0.2) is 17.1 Å². The number of benzene rings is 3. The van der Waals surface area contributed by atoms with Crippen molar-refractivity contribution >= 4 is 23.0 Å². The number of amides is 1. The van der Waals surface area contributed by atoms with E-state index in [4.69, 9.17) is 0 Å². The van der Waals surface area contributed by atoms with E-state index in [1.165, 1.54) is 24.4 Å². The van der Waals surface area contributed by atoms with Gasteiger partial charge < -0.3 is 0 Å². The summed E-state index contributed by atoms with van der Waals surface area (Å²) >= 11 is 0. The number of hydrazone groups is 1. The molecule has 6 heteroatoms. The lowest BCUT2D eigenvalue weighted by atomic mass is 10.0. The predicted octanol–water partition coefficient (Wildman–Crippen LogP) is 4.94. The number of rotatable bonds is 4. The lowest BCUT2D eigenvalue weighted by Gasteiger charge is -2.09. The standard InChI is InChI=1S/C23H15F2N3O/c24-17-11-9-15(10-12-17)22-13-19(18-6-2-4-8-21(18)27-22)23(29)28-26-14-16-5-1-3-7-20(16)25/h1-14H,(H,28,29). The predicted molar refractivity (Wildman–Crippen MR) is 109 cm³/mol. The maximum atomic E-state index is 13.7. The average Bonchev–Trinajstić information content (AvgIpc) is 2.74. The molecule has 4 aromatic rings. The molecule has 0 bridgehead atoms. The highest BCUT2D eigenvalue weighted by Crippen LogP contribution is 2.25. The molecule has 0 saturated carbocycles. The fourth-order valence-corrected chi connectivity index (χ4v) is 2.93. The van der Waals surface area contributed by atoms with Gasteiger partial charge in [-0.05, 0) is 42.5 Å². The van der Waals surface area contributed by atoms with Crippen LogP contribution in [0.15, 0.2) is 84.0 Å². The van der Waals surface area contributed by atoms with Crippen molar-refractivity contribution in [3.63, 3.8) is 0 Å². The van der Waals surface area contributed by atoms with Crippen molar-refractivity contribution < 1.29 is 13.6 Å². The van der Waals surface area contributed by atoms with Gasteiger partial charge in [-0.15, -0.1) is 0 Å². The summed E-state index contributed by atoms with van der Waals surface area (Å²) < 4.78 is 26.9. The normalized spacial score (nSPS) is 11.1. The maximum absolute atomic E-state index is 13.7. The lowest BCUT2D eigenvalue weighted by Crippen LogP contribution is -2.18. The highest BCUT2D eigenvalue weighted by atomic mass is 19.1. The SMILES string of the molecule is O=C(NN=Cc1ccccc1F)c1cc(-c2ccc(F)cc2)nc2ccccc12. The van der Waals surface area contributed by atoms with Gasteiger partial charge in [0.05, 0.1) is 23.0 Å². The van der Waals surface area contributed by atoms with E-state index in [9.17, 15) is 13.6 Å².